The van der Waals surface area contributed by atoms with Gasteiger partial charge in [0.2, 0.25) is 0 Å². The fourth-order valence-corrected chi connectivity index (χ4v) is 4.47. The van der Waals surface area contributed by atoms with E-state index in [4.69, 9.17) is 13.6 Å². The van der Waals surface area contributed by atoms with Crippen LogP contribution in [0.1, 0.15) is 27.2 Å². The van der Waals surface area contributed by atoms with Crippen LogP contribution in [0, 0.1) is 6.92 Å². The molecule has 0 aliphatic carbocycles. The molecule has 4 rings (SSSR count). The molecule has 1 aliphatic heterocycles. The van der Waals surface area contributed by atoms with E-state index in [2.05, 4.69) is 28.0 Å². The summed E-state index contributed by atoms with van der Waals surface area (Å²) in [6.07, 6.45) is 4.19. The van der Waals surface area contributed by atoms with Gasteiger partial charge in [-0.05, 0) is 50.6 Å². The topological polar surface area (TPSA) is 67.2 Å². The van der Waals surface area contributed by atoms with E-state index in [1.807, 2.05) is 29.6 Å². The van der Waals surface area contributed by atoms with Crippen molar-refractivity contribution in [3.8, 4) is 5.75 Å². The second-order valence-corrected chi connectivity index (χ2v) is 8.54. The standard InChI is InChI=1S/C24H34N6O2/c1-17-7-8-19(31-5)13-20(17)28(4)23-22-18(9-11-30(22)27-16-26-23)14-29-12-10-24(2,25-3)21(15-29)32-6/h7-9,11,13,16,21,25H,10,12,14-15H2,1-6H3/t21-,24-/m1/s1/i7D,8D/hD. The van der Waals surface area contributed by atoms with Gasteiger partial charge >= 0.3 is 0 Å². The molecular weight excluding hydrogens is 404 g/mol. The predicted molar refractivity (Wildman–Crippen MR) is 127 cm³/mol. The summed E-state index contributed by atoms with van der Waals surface area (Å²) >= 11 is 0. The van der Waals surface area contributed by atoms with Gasteiger partial charge in [-0.15, -0.1) is 0 Å². The van der Waals surface area contributed by atoms with E-state index < -0.39 is 0 Å². The average molecular weight is 442 g/mol. The number of likely N-dealkylation sites (N-methyl/N-ethyl adjacent to an activating group) is 1. The first kappa shape index (κ1) is 18.8. The van der Waals surface area contributed by atoms with Gasteiger partial charge in [-0.2, -0.15) is 5.10 Å². The van der Waals surface area contributed by atoms with Gasteiger partial charge in [0.15, 0.2) is 5.82 Å². The summed E-state index contributed by atoms with van der Waals surface area (Å²) in [4.78, 5) is 8.88. The molecule has 0 bridgehead atoms. The summed E-state index contributed by atoms with van der Waals surface area (Å²) in [5, 5.41) is 5.93. The first-order valence-corrected chi connectivity index (χ1v) is 10.8. The molecule has 1 N–H and O–H groups in total. The van der Waals surface area contributed by atoms with Crippen LogP contribution in [-0.4, -0.2) is 72.5 Å². The third kappa shape index (κ3) is 4.05. The molecule has 3 heterocycles. The summed E-state index contributed by atoms with van der Waals surface area (Å²) in [7, 11) is 6.91. The van der Waals surface area contributed by atoms with Crippen LogP contribution in [-0.2, 0) is 11.3 Å². The highest BCUT2D eigenvalue weighted by Crippen LogP contribution is 2.33. The zero-order valence-electron chi connectivity index (χ0n) is 22.7. The Balaban J connectivity index is 1.69. The van der Waals surface area contributed by atoms with Crippen LogP contribution in [0.3, 0.4) is 0 Å². The summed E-state index contributed by atoms with van der Waals surface area (Å²) in [6.45, 7) is 6.18. The van der Waals surface area contributed by atoms with Crippen molar-refractivity contribution in [1.82, 2.24) is 24.8 Å². The van der Waals surface area contributed by atoms with E-state index in [1.54, 1.807) is 20.2 Å². The number of ether oxygens (including phenoxy) is 2. The van der Waals surface area contributed by atoms with E-state index in [1.165, 1.54) is 18.7 Å². The van der Waals surface area contributed by atoms with Gasteiger partial charge < -0.3 is 19.7 Å². The van der Waals surface area contributed by atoms with Crippen LogP contribution in [0.5, 0.6) is 5.75 Å². The van der Waals surface area contributed by atoms with Crippen LogP contribution in [0.15, 0.2) is 36.7 Å². The molecule has 1 saturated heterocycles. The molecular formula is C24H34N6O2. The number of piperidine rings is 1. The Labute approximate surface area is 194 Å². The van der Waals surface area contributed by atoms with Crippen LogP contribution >= 0.6 is 0 Å². The zero-order chi connectivity index (χ0) is 25.5. The number of anilines is 2. The molecule has 3 aromatic rings. The molecule has 0 radical (unpaired) electrons. The van der Waals surface area contributed by atoms with Crippen molar-refractivity contribution in [2.45, 2.75) is 38.5 Å². The van der Waals surface area contributed by atoms with Crippen molar-refractivity contribution in [3.63, 3.8) is 0 Å². The second-order valence-electron chi connectivity index (χ2n) is 8.54. The van der Waals surface area contributed by atoms with Crippen molar-refractivity contribution < 1.29 is 13.6 Å². The summed E-state index contributed by atoms with van der Waals surface area (Å²) in [5.74, 6) is 1.06. The Morgan fingerprint density at radius 2 is 2.22 bits per heavy atom. The highest BCUT2D eigenvalue weighted by atomic mass is 16.5. The lowest BCUT2D eigenvalue weighted by Gasteiger charge is -2.45. The van der Waals surface area contributed by atoms with E-state index in [0.29, 0.717) is 23.7 Å². The molecule has 8 nitrogen and oxygen atoms in total. The summed E-state index contributed by atoms with van der Waals surface area (Å²) in [6, 6.07) is 4.04. The monoisotopic (exact) mass is 441 g/mol. The van der Waals surface area contributed by atoms with Crippen LogP contribution in [0.25, 0.3) is 5.52 Å². The Bertz CT molecular complexity index is 1220. The Morgan fingerprint density at radius 3 is 2.94 bits per heavy atom. The van der Waals surface area contributed by atoms with Crippen molar-refractivity contribution in [1.29, 1.82) is 0 Å². The van der Waals surface area contributed by atoms with Gasteiger partial charge in [0, 0.05) is 57.3 Å². The minimum atomic E-state index is -0.336. The van der Waals surface area contributed by atoms with Gasteiger partial charge in [0.25, 0.3) is 0 Å². The number of aromatic nitrogens is 3. The minimum absolute atomic E-state index is 0.0708. The fraction of sp³-hybridized carbons (Fsp3) is 0.500. The van der Waals surface area contributed by atoms with Crippen LogP contribution < -0.4 is 14.9 Å². The van der Waals surface area contributed by atoms with Crippen molar-refractivity contribution in [2.75, 3.05) is 46.3 Å². The maximum absolute atomic E-state index is 8.36. The van der Waals surface area contributed by atoms with Gasteiger partial charge in [0.1, 0.15) is 19.0 Å². The molecule has 2 atom stereocenters. The molecule has 0 amide bonds. The van der Waals surface area contributed by atoms with E-state index in [0.717, 1.165) is 36.3 Å². The van der Waals surface area contributed by atoms with Crippen LogP contribution in [0.2, 0.25) is 1.41 Å². The number of benzene rings is 1. The highest BCUT2D eigenvalue weighted by molar-refractivity contribution is 5.79. The Hall–Kier alpha value is -2.68. The zero-order valence-corrected chi connectivity index (χ0v) is 19.7. The number of fused-ring (bicyclic) bond motifs is 1. The number of rotatable bonds is 7. The molecule has 0 saturated carbocycles. The minimum Gasteiger partial charge on any atom is -0.497 e. The molecule has 1 aromatic carbocycles. The second kappa shape index (κ2) is 9.05. The third-order valence-corrected chi connectivity index (χ3v) is 6.68. The summed E-state index contributed by atoms with van der Waals surface area (Å²) < 4.78 is 37.7. The molecule has 8 heteroatoms. The van der Waals surface area contributed by atoms with Crippen LogP contribution in [0.4, 0.5) is 11.5 Å². The molecule has 0 unspecified atom stereocenters. The Morgan fingerprint density at radius 1 is 1.41 bits per heavy atom. The van der Waals surface area contributed by atoms with Crippen molar-refractivity contribution >= 4 is 17.0 Å². The first-order chi connectivity index (χ1) is 16.6. The van der Waals surface area contributed by atoms with E-state index in [9.17, 15) is 0 Å². The van der Waals surface area contributed by atoms with Crippen molar-refractivity contribution in [2.24, 2.45) is 0 Å². The number of hydrogen-bond acceptors (Lipinski definition) is 7. The number of nitrogens with zero attached hydrogens (tertiary/aromatic N) is 5. The lowest BCUT2D eigenvalue weighted by atomic mass is 9.86. The SMILES string of the molecule is [2H]c1c(OC)cc(N(C)c2ncnn3ccc(CN4CC[C@@](C)(N([2H])C)[C@H](OC)C4)c23)c(C)c1[2H]. The Kier molecular flexibility index (Phi) is 5.33. The maximum atomic E-state index is 8.36. The lowest BCUT2D eigenvalue weighted by molar-refractivity contribution is -0.0341. The number of nitrogens with one attached hydrogen (secondary N) is 1. The molecule has 0 spiro atoms. The number of hydrogen-bond donors (Lipinski definition) is 1. The average Bonchev–Trinajstić information content (AvgIpc) is 3.26. The number of methoxy groups -OCH3 is 2. The normalized spacial score (nSPS) is 23.2. The van der Waals surface area contributed by atoms with Gasteiger partial charge in [-0.1, -0.05) is 6.04 Å². The molecule has 172 valence electrons. The first-order valence-electron chi connectivity index (χ1n) is 12.2. The fourth-order valence-electron chi connectivity index (χ4n) is 4.47. The summed E-state index contributed by atoms with van der Waals surface area (Å²) in [5.41, 5.74) is 3.06. The van der Waals surface area contributed by atoms with Gasteiger partial charge in [-0.3, -0.25) is 4.90 Å². The molecule has 1 fully saturated rings. The maximum Gasteiger partial charge on any atom is 0.161 e. The molecule has 1 aliphatic rings. The smallest absolute Gasteiger partial charge is 0.161 e. The van der Waals surface area contributed by atoms with E-state index >= 15 is 0 Å². The number of likely N-dealkylation sites (tertiary alicyclic amines) is 1. The van der Waals surface area contributed by atoms with Crippen molar-refractivity contribution in [3.05, 3.63) is 47.9 Å². The molecule has 32 heavy (non-hydrogen) atoms. The highest BCUT2D eigenvalue weighted by Gasteiger charge is 2.38. The molecule has 2 aromatic heterocycles. The predicted octanol–water partition coefficient (Wildman–Crippen LogP) is 3.01. The quantitative estimate of drug-likeness (QED) is 0.605. The lowest BCUT2D eigenvalue weighted by Crippen LogP contribution is -2.60. The van der Waals surface area contributed by atoms with Gasteiger partial charge in [-0.25, -0.2) is 9.50 Å². The van der Waals surface area contributed by atoms with E-state index in [-0.39, 0.29) is 23.7 Å². The largest absolute Gasteiger partial charge is 0.497 e. The third-order valence-electron chi connectivity index (χ3n) is 6.68. The van der Waals surface area contributed by atoms with Gasteiger partial charge in [0.05, 0.1) is 16.0 Å².